The van der Waals surface area contributed by atoms with E-state index in [0.717, 1.165) is 0 Å². The quantitative estimate of drug-likeness (QED) is 0.687. The van der Waals surface area contributed by atoms with Gasteiger partial charge < -0.3 is 5.11 Å². The largest absolute Gasteiger partial charge is 0.394 e. The van der Waals surface area contributed by atoms with Gasteiger partial charge in [0.15, 0.2) is 0 Å². The summed E-state index contributed by atoms with van der Waals surface area (Å²) < 4.78 is 0. The van der Waals surface area contributed by atoms with Gasteiger partial charge in [0.1, 0.15) is 0 Å². The maximum Gasteiger partial charge on any atom is 0.234 e. The molecule has 0 aromatic rings. The lowest BCUT2D eigenvalue weighted by atomic mass is 10.0. The summed E-state index contributed by atoms with van der Waals surface area (Å²) in [5, 5.41) is 9.11. The van der Waals surface area contributed by atoms with Crippen molar-refractivity contribution in [3.63, 3.8) is 0 Å². The van der Waals surface area contributed by atoms with Crippen molar-refractivity contribution in [1.29, 1.82) is 0 Å². The fourth-order valence-corrected chi connectivity index (χ4v) is 2.72. The highest BCUT2D eigenvalue weighted by Crippen LogP contribution is 2.63. The number of hydrogen-bond donors (Lipinski definition) is 1. The molecule has 2 rings (SSSR count). The first-order valence-corrected chi connectivity index (χ1v) is 5.44. The van der Waals surface area contributed by atoms with E-state index >= 15 is 0 Å². The number of piperidine rings is 1. The van der Waals surface area contributed by atoms with Gasteiger partial charge in [-0.1, -0.05) is 20.8 Å². The first kappa shape index (κ1) is 10.6. The van der Waals surface area contributed by atoms with Crippen LogP contribution in [0.2, 0.25) is 0 Å². The van der Waals surface area contributed by atoms with Crippen LogP contribution in [0.4, 0.5) is 0 Å². The molecule has 2 fully saturated rings. The summed E-state index contributed by atoms with van der Waals surface area (Å²) >= 11 is 0. The Labute approximate surface area is 89.3 Å². The molecule has 2 amide bonds. The zero-order chi connectivity index (χ0) is 11.4. The minimum atomic E-state index is -0.325. The van der Waals surface area contributed by atoms with Gasteiger partial charge in [0, 0.05) is 0 Å². The molecule has 4 heteroatoms. The Morgan fingerprint density at radius 1 is 1.33 bits per heavy atom. The van der Waals surface area contributed by atoms with Gasteiger partial charge in [0.2, 0.25) is 11.8 Å². The summed E-state index contributed by atoms with van der Waals surface area (Å²) in [6, 6.07) is -0.325. The highest BCUT2D eigenvalue weighted by Gasteiger charge is 2.72. The van der Waals surface area contributed by atoms with Crippen LogP contribution in [0.1, 0.15) is 27.2 Å². The maximum atomic E-state index is 11.9. The van der Waals surface area contributed by atoms with E-state index in [0.29, 0.717) is 6.42 Å². The Morgan fingerprint density at radius 2 is 1.80 bits per heavy atom. The first-order valence-electron chi connectivity index (χ1n) is 5.44. The molecule has 0 spiro atoms. The average Bonchev–Trinajstić information content (AvgIpc) is 2.64. The molecule has 2 aliphatic rings. The summed E-state index contributed by atoms with van der Waals surface area (Å²) in [6.45, 7) is 5.65. The summed E-state index contributed by atoms with van der Waals surface area (Å²) in [5.41, 5.74) is -0.154. The van der Waals surface area contributed by atoms with Crippen LogP contribution in [0.15, 0.2) is 0 Å². The molecule has 15 heavy (non-hydrogen) atoms. The fourth-order valence-electron chi connectivity index (χ4n) is 2.72. The molecule has 2 unspecified atom stereocenters. The molecule has 0 radical (unpaired) electrons. The SMILES string of the molecule is CC[C@@H](CO)N1C(=O)C2C(C1=O)C2(C)C. The van der Waals surface area contributed by atoms with E-state index in [2.05, 4.69) is 0 Å². The summed E-state index contributed by atoms with van der Waals surface area (Å²) in [7, 11) is 0. The number of imide groups is 1. The van der Waals surface area contributed by atoms with Crippen LogP contribution in [-0.4, -0.2) is 34.5 Å². The van der Waals surface area contributed by atoms with Gasteiger partial charge in [-0.15, -0.1) is 0 Å². The Balaban J connectivity index is 2.20. The van der Waals surface area contributed by atoms with Crippen LogP contribution in [0.3, 0.4) is 0 Å². The molecule has 1 aliphatic carbocycles. The van der Waals surface area contributed by atoms with Crippen LogP contribution >= 0.6 is 0 Å². The number of aliphatic hydroxyl groups is 1. The van der Waals surface area contributed by atoms with Gasteiger partial charge in [-0.25, -0.2) is 0 Å². The highest BCUT2D eigenvalue weighted by atomic mass is 16.3. The minimum Gasteiger partial charge on any atom is -0.394 e. The van der Waals surface area contributed by atoms with Crippen molar-refractivity contribution in [2.45, 2.75) is 33.2 Å². The van der Waals surface area contributed by atoms with Crippen molar-refractivity contribution in [2.24, 2.45) is 17.3 Å². The molecule has 0 aromatic heterocycles. The molecule has 84 valence electrons. The third-order valence-electron chi connectivity index (χ3n) is 3.88. The molecule has 1 N–H and O–H groups in total. The lowest BCUT2D eigenvalue weighted by molar-refractivity contribution is -0.147. The summed E-state index contributed by atoms with van der Waals surface area (Å²) in [6.07, 6.45) is 0.619. The van der Waals surface area contributed by atoms with Crippen molar-refractivity contribution < 1.29 is 14.7 Å². The second kappa shape index (κ2) is 3.04. The predicted octanol–water partition coefficient (Wildman–Crippen LogP) is 0.398. The van der Waals surface area contributed by atoms with Crippen LogP contribution in [0, 0.1) is 17.3 Å². The number of rotatable bonds is 3. The van der Waals surface area contributed by atoms with E-state index in [9.17, 15) is 9.59 Å². The predicted molar refractivity (Wildman–Crippen MR) is 53.8 cm³/mol. The van der Waals surface area contributed by atoms with E-state index in [4.69, 9.17) is 5.11 Å². The molecule has 1 aliphatic heterocycles. The number of carbonyl (C=O) groups is 2. The number of nitrogens with zero attached hydrogens (tertiary/aromatic N) is 1. The Kier molecular flexibility index (Phi) is 2.15. The number of fused-ring (bicyclic) bond motifs is 1. The van der Waals surface area contributed by atoms with Gasteiger partial charge in [-0.05, 0) is 11.8 Å². The molecule has 1 saturated heterocycles. The number of carbonyl (C=O) groups excluding carboxylic acids is 2. The molecule has 0 bridgehead atoms. The topological polar surface area (TPSA) is 57.6 Å². The number of hydrogen-bond acceptors (Lipinski definition) is 3. The lowest BCUT2D eigenvalue weighted by Crippen LogP contribution is -2.45. The van der Waals surface area contributed by atoms with Gasteiger partial charge in [-0.2, -0.15) is 0 Å². The number of aliphatic hydroxyl groups excluding tert-OH is 1. The van der Waals surface area contributed by atoms with E-state index in [1.165, 1.54) is 4.90 Å². The monoisotopic (exact) mass is 211 g/mol. The van der Waals surface area contributed by atoms with Gasteiger partial charge >= 0.3 is 0 Å². The summed E-state index contributed by atoms with van der Waals surface area (Å²) in [5.74, 6) is -0.442. The third kappa shape index (κ3) is 1.17. The molecule has 1 saturated carbocycles. The molecule has 1 heterocycles. The average molecular weight is 211 g/mol. The second-order valence-electron chi connectivity index (χ2n) is 5.07. The van der Waals surface area contributed by atoms with Gasteiger partial charge in [0.05, 0.1) is 24.5 Å². The minimum absolute atomic E-state index is 0.0871. The number of amides is 2. The van der Waals surface area contributed by atoms with Gasteiger partial charge in [0.25, 0.3) is 0 Å². The maximum absolute atomic E-state index is 11.9. The zero-order valence-electron chi connectivity index (χ0n) is 9.36. The molecule has 3 atom stereocenters. The molecular formula is C11H17NO3. The van der Waals surface area contributed by atoms with Crippen LogP contribution in [-0.2, 0) is 9.59 Å². The molecule has 4 nitrogen and oxygen atoms in total. The zero-order valence-corrected chi connectivity index (χ0v) is 9.36. The standard InChI is InChI=1S/C11H17NO3/c1-4-6(5-13)12-9(14)7-8(10(12)15)11(7,2)3/h6-8,13H,4-5H2,1-3H3/t6-,7?,8?/m0/s1. The highest BCUT2D eigenvalue weighted by molar-refractivity contribution is 6.10. The van der Waals surface area contributed by atoms with Crippen molar-refractivity contribution in [3.8, 4) is 0 Å². The van der Waals surface area contributed by atoms with Crippen LogP contribution in [0.5, 0.6) is 0 Å². The number of likely N-dealkylation sites (tertiary alicyclic amines) is 1. The van der Waals surface area contributed by atoms with Crippen molar-refractivity contribution >= 4 is 11.8 Å². The first-order chi connectivity index (χ1) is 6.96. The van der Waals surface area contributed by atoms with E-state index in [1.807, 2.05) is 20.8 Å². The molecular weight excluding hydrogens is 194 g/mol. The smallest absolute Gasteiger partial charge is 0.234 e. The Hall–Kier alpha value is -0.900. The van der Waals surface area contributed by atoms with E-state index < -0.39 is 0 Å². The van der Waals surface area contributed by atoms with Crippen LogP contribution < -0.4 is 0 Å². The van der Waals surface area contributed by atoms with Crippen molar-refractivity contribution in [2.75, 3.05) is 6.61 Å². The Morgan fingerprint density at radius 3 is 2.13 bits per heavy atom. The Bertz CT molecular complexity index is 296. The van der Waals surface area contributed by atoms with E-state index in [-0.39, 0.29) is 41.7 Å². The lowest BCUT2D eigenvalue weighted by Gasteiger charge is -2.27. The summed E-state index contributed by atoms with van der Waals surface area (Å²) in [4.78, 5) is 25.1. The third-order valence-corrected chi connectivity index (χ3v) is 3.88. The normalized spacial score (nSPS) is 34.3. The molecule has 0 aromatic carbocycles. The fraction of sp³-hybridized carbons (Fsp3) is 0.818. The van der Waals surface area contributed by atoms with Gasteiger partial charge in [-0.3, -0.25) is 14.5 Å². The second-order valence-corrected chi connectivity index (χ2v) is 5.07. The van der Waals surface area contributed by atoms with E-state index in [1.54, 1.807) is 0 Å². The van der Waals surface area contributed by atoms with Crippen molar-refractivity contribution in [3.05, 3.63) is 0 Å². The van der Waals surface area contributed by atoms with Crippen molar-refractivity contribution in [1.82, 2.24) is 4.90 Å². The van der Waals surface area contributed by atoms with Crippen LogP contribution in [0.25, 0.3) is 0 Å².